The molecule has 0 spiro atoms. The van der Waals surface area contributed by atoms with Crippen LogP contribution in [0.2, 0.25) is 0 Å². The minimum atomic E-state index is 0.462. The fourth-order valence-corrected chi connectivity index (χ4v) is 1.28. The molecule has 66 valence electrons. The summed E-state index contributed by atoms with van der Waals surface area (Å²) in [4.78, 5) is 0. The fraction of sp³-hybridized carbons (Fsp3) is 0.778. The summed E-state index contributed by atoms with van der Waals surface area (Å²) in [5.41, 5.74) is 0. The smallest absolute Gasteiger partial charge is 0.0219 e. The van der Waals surface area contributed by atoms with Crippen molar-refractivity contribution >= 4 is 11.8 Å². The average molecular weight is 173 g/mol. The van der Waals surface area contributed by atoms with Crippen molar-refractivity contribution in [1.29, 1.82) is 0 Å². The van der Waals surface area contributed by atoms with Crippen molar-refractivity contribution in [1.82, 2.24) is 5.32 Å². The first-order valence-corrected chi connectivity index (χ1v) is 5.55. The first kappa shape index (κ1) is 11.1. The molecule has 0 aromatic rings. The molecule has 1 atom stereocenters. The van der Waals surface area contributed by atoms with Crippen LogP contribution in [0.4, 0.5) is 0 Å². The molecule has 0 aliphatic rings. The van der Waals surface area contributed by atoms with Crippen LogP contribution in [0.25, 0.3) is 0 Å². The highest BCUT2D eigenvalue weighted by Crippen LogP contribution is 1.98. The van der Waals surface area contributed by atoms with Gasteiger partial charge in [-0.05, 0) is 38.3 Å². The van der Waals surface area contributed by atoms with Gasteiger partial charge in [-0.3, -0.25) is 0 Å². The topological polar surface area (TPSA) is 12.0 Å². The van der Waals surface area contributed by atoms with Crippen LogP contribution < -0.4 is 5.32 Å². The van der Waals surface area contributed by atoms with E-state index in [4.69, 9.17) is 0 Å². The highest BCUT2D eigenvalue weighted by atomic mass is 32.2. The molecule has 0 aromatic carbocycles. The van der Waals surface area contributed by atoms with Gasteiger partial charge in [-0.15, -0.1) is 6.58 Å². The number of rotatable bonds is 7. The Labute approximate surface area is 74.6 Å². The highest BCUT2D eigenvalue weighted by molar-refractivity contribution is 7.98. The van der Waals surface area contributed by atoms with Gasteiger partial charge >= 0.3 is 0 Å². The molecule has 0 aliphatic heterocycles. The summed E-state index contributed by atoms with van der Waals surface area (Å²) in [6.45, 7) is 6.95. The molecule has 0 saturated heterocycles. The third-order valence-corrected chi connectivity index (χ3v) is 2.29. The van der Waals surface area contributed by atoms with Crippen molar-refractivity contribution in [2.24, 2.45) is 0 Å². The number of hydrogen-bond acceptors (Lipinski definition) is 2. The summed E-state index contributed by atoms with van der Waals surface area (Å²) < 4.78 is 0. The van der Waals surface area contributed by atoms with Crippen LogP contribution in [-0.2, 0) is 0 Å². The standard InChI is InChI=1S/C9H19NS/c1-4-9(2)10-7-5-6-8-11-3/h4,9-10H,1,5-8H2,2-3H3. The largest absolute Gasteiger partial charge is 0.311 e. The SMILES string of the molecule is C=CC(C)NCCCCSC. The van der Waals surface area contributed by atoms with E-state index in [-0.39, 0.29) is 0 Å². The lowest BCUT2D eigenvalue weighted by Gasteiger charge is -2.07. The molecular weight excluding hydrogens is 154 g/mol. The lowest BCUT2D eigenvalue weighted by atomic mass is 10.3. The van der Waals surface area contributed by atoms with E-state index in [1.165, 1.54) is 18.6 Å². The van der Waals surface area contributed by atoms with Gasteiger partial charge in [0.2, 0.25) is 0 Å². The summed E-state index contributed by atoms with van der Waals surface area (Å²) in [6, 6.07) is 0.462. The molecule has 0 fully saturated rings. The van der Waals surface area contributed by atoms with E-state index in [1.807, 2.05) is 17.8 Å². The summed E-state index contributed by atoms with van der Waals surface area (Å²) in [5.74, 6) is 1.28. The Morgan fingerprint density at radius 3 is 2.82 bits per heavy atom. The van der Waals surface area contributed by atoms with Gasteiger partial charge < -0.3 is 5.32 Å². The summed E-state index contributed by atoms with van der Waals surface area (Å²) in [7, 11) is 0. The molecule has 0 amide bonds. The Bertz CT molecular complexity index is 93.6. The second-order valence-electron chi connectivity index (χ2n) is 2.68. The van der Waals surface area contributed by atoms with Gasteiger partial charge in [0.25, 0.3) is 0 Å². The van der Waals surface area contributed by atoms with Gasteiger partial charge in [0, 0.05) is 6.04 Å². The van der Waals surface area contributed by atoms with Crippen LogP contribution in [0.1, 0.15) is 19.8 Å². The maximum Gasteiger partial charge on any atom is 0.0219 e. The monoisotopic (exact) mass is 173 g/mol. The molecule has 11 heavy (non-hydrogen) atoms. The minimum absolute atomic E-state index is 0.462. The summed E-state index contributed by atoms with van der Waals surface area (Å²) in [6.07, 6.45) is 6.69. The Kier molecular flexibility index (Phi) is 8.19. The lowest BCUT2D eigenvalue weighted by Crippen LogP contribution is -2.24. The Hall–Kier alpha value is 0.0500. The van der Waals surface area contributed by atoms with Crippen molar-refractivity contribution in [3.8, 4) is 0 Å². The second kappa shape index (κ2) is 8.15. The predicted octanol–water partition coefficient (Wildman–Crippen LogP) is 2.29. The lowest BCUT2D eigenvalue weighted by molar-refractivity contribution is 0.603. The second-order valence-corrected chi connectivity index (χ2v) is 3.66. The zero-order valence-electron chi connectivity index (χ0n) is 7.60. The average Bonchev–Trinajstić information content (AvgIpc) is 2.04. The number of hydrogen-bond donors (Lipinski definition) is 1. The van der Waals surface area contributed by atoms with E-state index < -0.39 is 0 Å². The minimum Gasteiger partial charge on any atom is -0.311 e. The van der Waals surface area contributed by atoms with Crippen LogP contribution in [0.3, 0.4) is 0 Å². The molecule has 1 N–H and O–H groups in total. The van der Waals surface area contributed by atoms with Gasteiger partial charge in [-0.1, -0.05) is 6.08 Å². The maximum absolute atomic E-state index is 3.71. The van der Waals surface area contributed by atoms with Gasteiger partial charge in [0.1, 0.15) is 0 Å². The van der Waals surface area contributed by atoms with Crippen molar-refractivity contribution < 1.29 is 0 Å². The number of unbranched alkanes of at least 4 members (excludes halogenated alkanes) is 1. The number of nitrogens with one attached hydrogen (secondary N) is 1. The third-order valence-electron chi connectivity index (χ3n) is 1.60. The molecule has 0 heterocycles. The van der Waals surface area contributed by atoms with Gasteiger partial charge in [-0.25, -0.2) is 0 Å². The van der Waals surface area contributed by atoms with Crippen LogP contribution >= 0.6 is 11.8 Å². The predicted molar refractivity (Wildman–Crippen MR) is 55.3 cm³/mol. The summed E-state index contributed by atoms with van der Waals surface area (Å²) >= 11 is 1.92. The first-order chi connectivity index (χ1) is 5.31. The van der Waals surface area contributed by atoms with Crippen LogP contribution in [0.15, 0.2) is 12.7 Å². The first-order valence-electron chi connectivity index (χ1n) is 4.16. The van der Waals surface area contributed by atoms with Crippen LogP contribution in [0, 0.1) is 0 Å². The van der Waals surface area contributed by atoms with Crippen molar-refractivity contribution in [2.75, 3.05) is 18.6 Å². The van der Waals surface area contributed by atoms with Crippen LogP contribution in [-0.4, -0.2) is 24.6 Å². The Morgan fingerprint density at radius 1 is 1.55 bits per heavy atom. The zero-order chi connectivity index (χ0) is 8.53. The van der Waals surface area contributed by atoms with E-state index >= 15 is 0 Å². The maximum atomic E-state index is 3.71. The van der Waals surface area contributed by atoms with Gasteiger partial charge in [0.15, 0.2) is 0 Å². The Morgan fingerprint density at radius 2 is 2.27 bits per heavy atom. The molecule has 0 radical (unpaired) electrons. The van der Waals surface area contributed by atoms with Crippen molar-refractivity contribution in [3.63, 3.8) is 0 Å². The highest BCUT2D eigenvalue weighted by Gasteiger charge is 1.92. The Balaban J connectivity index is 2.95. The summed E-state index contributed by atoms with van der Waals surface area (Å²) in [5, 5.41) is 3.36. The van der Waals surface area contributed by atoms with Gasteiger partial charge in [0.05, 0.1) is 0 Å². The van der Waals surface area contributed by atoms with Crippen LogP contribution in [0.5, 0.6) is 0 Å². The van der Waals surface area contributed by atoms with Crippen molar-refractivity contribution in [3.05, 3.63) is 12.7 Å². The normalized spacial score (nSPS) is 12.9. The third kappa shape index (κ3) is 7.95. The van der Waals surface area contributed by atoms with Gasteiger partial charge in [-0.2, -0.15) is 11.8 Å². The van der Waals surface area contributed by atoms with Crippen molar-refractivity contribution in [2.45, 2.75) is 25.8 Å². The van der Waals surface area contributed by atoms with E-state index in [2.05, 4.69) is 25.1 Å². The molecule has 1 nitrogen and oxygen atoms in total. The van der Waals surface area contributed by atoms with E-state index in [0.29, 0.717) is 6.04 Å². The molecule has 1 unspecified atom stereocenters. The van der Waals surface area contributed by atoms with E-state index in [1.54, 1.807) is 0 Å². The zero-order valence-corrected chi connectivity index (χ0v) is 8.41. The van der Waals surface area contributed by atoms with E-state index in [0.717, 1.165) is 6.54 Å². The molecular formula is C9H19NS. The molecule has 0 saturated carbocycles. The quantitative estimate of drug-likeness (QED) is 0.468. The molecule has 2 heteroatoms. The fourth-order valence-electron chi connectivity index (χ4n) is 0.784. The molecule has 0 aromatic heterocycles. The molecule has 0 bridgehead atoms. The molecule has 0 aliphatic carbocycles. The molecule has 0 rings (SSSR count). The number of thioether (sulfide) groups is 1. The van der Waals surface area contributed by atoms with E-state index in [9.17, 15) is 0 Å².